The van der Waals surface area contributed by atoms with Gasteiger partial charge in [0.05, 0.1) is 35.0 Å². The van der Waals surface area contributed by atoms with Crippen LogP contribution in [-0.2, 0) is 22.2 Å². The van der Waals surface area contributed by atoms with Gasteiger partial charge in [-0.2, -0.15) is 23.5 Å². The summed E-state index contributed by atoms with van der Waals surface area (Å²) >= 11 is 0. The smallest absolute Gasteiger partial charge is 0.329 e. The number of halogens is 3. The summed E-state index contributed by atoms with van der Waals surface area (Å²) in [5.41, 5.74) is 0.647. The zero-order valence-electron chi connectivity index (χ0n) is 22.7. The average Bonchev–Trinajstić information content (AvgIpc) is 3.64. The first kappa shape index (κ1) is 28.9. The third kappa shape index (κ3) is 6.30. The van der Waals surface area contributed by atoms with E-state index in [1.165, 1.54) is 40.4 Å². The van der Waals surface area contributed by atoms with Crippen LogP contribution in [0.1, 0.15) is 47.2 Å². The number of amides is 3. The van der Waals surface area contributed by atoms with Crippen LogP contribution in [0.5, 0.6) is 0 Å². The van der Waals surface area contributed by atoms with Gasteiger partial charge in [0.15, 0.2) is 0 Å². The van der Waals surface area contributed by atoms with E-state index in [1.54, 1.807) is 0 Å². The van der Waals surface area contributed by atoms with Gasteiger partial charge in [0.1, 0.15) is 12.6 Å². The molecule has 3 aromatic rings. The fourth-order valence-electron chi connectivity index (χ4n) is 5.40. The Morgan fingerprint density at radius 1 is 1.05 bits per heavy atom. The second kappa shape index (κ2) is 12.1. The third-order valence-corrected chi connectivity index (χ3v) is 7.66. The van der Waals surface area contributed by atoms with Gasteiger partial charge in [-0.25, -0.2) is 4.68 Å². The van der Waals surface area contributed by atoms with Crippen LogP contribution >= 0.6 is 0 Å². The lowest BCUT2D eigenvalue weighted by Crippen LogP contribution is -2.45. The maximum atomic E-state index is 13.6. The first-order valence-electron chi connectivity index (χ1n) is 13.7. The molecule has 2 atom stereocenters. The zero-order valence-corrected chi connectivity index (χ0v) is 22.7. The first-order chi connectivity index (χ1) is 20.1. The van der Waals surface area contributed by atoms with Gasteiger partial charge in [-0.3, -0.25) is 14.4 Å². The van der Waals surface area contributed by atoms with Crippen molar-refractivity contribution in [3.8, 4) is 11.8 Å². The summed E-state index contributed by atoms with van der Waals surface area (Å²) in [7, 11) is 0. The number of benzene rings is 2. The second-order valence-corrected chi connectivity index (χ2v) is 10.5. The molecule has 0 spiro atoms. The van der Waals surface area contributed by atoms with E-state index in [0.29, 0.717) is 12.1 Å². The van der Waals surface area contributed by atoms with Crippen LogP contribution in [0.15, 0.2) is 60.9 Å². The maximum absolute atomic E-state index is 13.6. The number of hydrogen-bond acceptors (Lipinski definition) is 5. The number of nitrogens with one attached hydrogen (secondary N) is 1. The van der Waals surface area contributed by atoms with Crippen molar-refractivity contribution in [2.24, 2.45) is 5.92 Å². The fourth-order valence-corrected chi connectivity index (χ4v) is 5.40. The Balaban J connectivity index is 1.39. The summed E-state index contributed by atoms with van der Waals surface area (Å²) < 4.78 is 41.7. The molecule has 3 aliphatic rings. The van der Waals surface area contributed by atoms with E-state index in [0.717, 1.165) is 35.6 Å². The average molecular weight is 579 g/mol. The van der Waals surface area contributed by atoms with E-state index in [1.807, 2.05) is 24.3 Å². The quantitative estimate of drug-likeness (QED) is 0.484. The molecule has 42 heavy (non-hydrogen) atoms. The van der Waals surface area contributed by atoms with Gasteiger partial charge < -0.3 is 15.1 Å². The van der Waals surface area contributed by atoms with E-state index in [2.05, 4.69) is 16.5 Å². The molecular formula is C30H29F3N6O3. The molecule has 3 amide bonds. The summed E-state index contributed by atoms with van der Waals surface area (Å²) in [5, 5.41) is 16.6. The molecule has 0 aliphatic carbocycles. The van der Waals surface area contributed by atoms with Crippen molar-refractivity contribution in [1.29, 1.82) is 5.26 Å². The van der Waals surface area contributed by atoms with E-state index in [4.69, 9.17) is 0 Å². The lowest BCUT2D eigenvalue weighted by atomic mass is 10.0. The molecule has 6 rings (SSSR count). The molecule has 1 aromatic heterocycles. The molecule has 1 N–H and O–H groups in total. The molecular weight excluding hydrogens is 549 g/mol. The molecule has 3 aliphatic heterocycles. The summed E-state index contributed by atoms with van der Waals surface area (Å²) in [6, 6.07) is 13.7. The highest BCUT2D eigenvalue weighted by Crippen LogP contribution is 2.33. The van der Waals surface area contributed by atoms with Crippen molar-refractivity contribution in [3.63, 3.8) is 0 Å². The van der Waals surface area contributed by atoms with Crippen LogP contribution in [0.3, 0.4) is 0 Å². The van der Waals surface area contributed by atoms with Crippen LogP contribution < -0.4 is 5.32 Å². The zero-order chi connectivity index (χ0) is 29.9. The normalized spacial score (nSPS) is 20.2. The summed E-state index contributed by atoms with van der Waals surface area (Å²) in [6.45, 7) is -0.0779. The fraction of sp³-hybridized carbons (Fsp3) is 0.367. The van der Waals surface area contributed by atoms with Gasteiger partial charge in [0.2, 0.25) is 11.8 Å². The van der Waals surface area contributed by atoms with Crippen molar-refractivity contribution in [2.45, 2.75) is 44.3 Å². The number of carbonyl (C=O) groups excluding carboxylic acids is 3. The number of aryl methyl sites for hydroxylation is 1. The predicted molar refractivity (Wildman–Crippen MR) is 146 cm³/mol. The molecule has 12 heteroatoms. The number of anilines is 1. The molecule has 1 fully saturated rings. The minimum atomic E-state index is -4.62. The van der Waals surface area contributed by atoms with Gasteiger partial charge in [0.25, 0.3) is 5.91 Å². The van der Waals surface area contributed by atoms with Crippen molar-refractivity contribution in [2.75, 3.05) is 25.0 Å². The number of rotatable bonds is 2. The molecule has 4 bridgehead atoms. The van der Waals surface area contributed by atoms with Crippen LogP contribution in [0.2, 0.25) is 0 Å². The van der Waals surface area contributed by atoms with E-state index >= 15 is 0 Å². The molecule has 4 heterocycles. The molecule has 1 saturated heterocycles. The van der Waals surface area contributed by atoms with Crippen LogP contribution in [0.25, 0.3) is 5.69 Å². The van der Waals surface area contributed by atoms with E-state index in [9.17, 15) is 32.8 Å². The molecule has 0 radical (unpaired) electrons. The Morgan fingerprint density at radius 3 is 2.55 bits per heavy atom. The van der Waals surface area contributed by atoms with Crippen molar-refractivity contribution >= 4 is 23.4 Å². The minimum absolute atomic E-state index is 0.0287. The number of carbonyl (C=O) groups is 3. The molecule has 2 unspecified atom stereocenters. The van der Waals surface area contributed by atoms with E-state index in [-0.39, 0.29) is 43.2 Å². The number of nitriles is 1. The standard InChI is InChI=1S/C30H29F3N6O3/c31-30(32,33)25-7-3-4-8-26(25)39-18-22(16-35-39)29(42)37-13-5-1-2-6-20-9-11-23(12-10-20)36-28(41)21-14-24(15-34)38(17-21)27(40)19-37/h3-4,7-12,16,18,21,24H,1-2,5-6,13-14,17,19H2,(H,36,41). The first-order valence-corrected chi connectivity index (χ1v) is 13.7. The Hall–Kier alpha value is -4.66. The Labute approximate surface area is 240 Å². The minimum Gasteiger partial charge on any atom is -0.329 e. The Kier molecular flexibility index (Phi) is 8.29. The number of fused-ring (bicyclic) bond motifs is 10. The number of alkyl halides is 3. The molecule has 9 nitrogen and oxygen atoms in total. The second-order valence-electron chi connectivity index (χ2n) is 10.5. The third-order valence-electron chi connectivity index (χ3n) is 7.66. The highest BCUT2D eigenvalue weighted by Gasteiger charge is 2.40. The van der Waals surface area contributed by atoms with Crippen molar-refractivity contribution in [3.05, 3.63) is 77.6 Å². The van der Waals surface area contributed by atoms with Crippen molar-refractivity contribution in [1.82, 2.24) is 19.6 Å². The number of hydrogen-bond donors (Lipinski definition) is 1. The Morgan fingerprint density at radius 2 is 1.81 bits per heavy atom. The van der Waals surface area contributed by atoms with Crippen LogP contribution in [-0.4, -0.2) is 63.0 Å². The summed E-state index contributed by atoms with van der Waals surface area (Å²) in [5.74, 6) is -1.92. The van der Waals surface area contributed by atoms with Gasteiger partial charge in [-0.15, -0.1) is 0 Å². The maximum Gasteiger partial charge on any atom is 0.418 e. The molecule has 2 aromatic carbocycles. The molecule has 218 valence electrons. The topological polar surface area (TPSA) is 111 Å². The lowest BCUT2D eigenvalue weighted by molar-refractivity contribution is -0.137. The van der Waals surface area contributed by atoms with E-state index < -0.39 is 35.5 Å². The lowest BCUT2D eigenvalue weighted by Gasteiger charge is -2.26. The highest BCUT2D eigenvalue weighted by molar-refractivity contribution is 5.97. The highest BCUT2D eigenvalue weighted by atomic mass is 19.4. The number of aromatic nitrogens is 2. The summed E-state index contributed by atoms with van der Waals surface area (Å²) in [4.78, 5) is 42.6. The van der Waals surface area contributed by atoms with Gasteiger partial charge >= 0.3 is 6.18 Å². The Bertz CT molecular complexity index is 1510. The van der Waals surface area contributed by atoms with Gasteiger partial charge in [-0.05, 0) is 55.5 Å². The number of nitrogens with zero attached hydrogens (tertiary/aromatic N) is 5. The predicted octanol–water partition coefficient (Wildman–Crippen LogP) is 4.44. The van der Waals surface area contributed by atoms with Crippen molar-refractivity contribution < 1.29 is 27.6 Å². The largest absolute Gasteiger partial charge is 0.418 e. The SMILES string of the molecule is N#CC1CC2CN1C(=O)CN(C(=O)c1cnn(-c3ccccc3C(F)(F)F)c1)CCCCCc1ccc(cc1)NC2=O. The van der Waals surface area contributed by atoms with Crippen LogP contribution in [0.4, 0.5) is 18.9 Å². The van der Waals surface area contributed by atoms with Crippen LogP contribution in [0, 0.1) is 17.2 Å². The monoisotopic (exact) mass is 578 g/mol. The molecule has 0 saturated carbocycles. The summed E-state index contributed by atoms with van der Waals surface area (Å²) in [6.07, 6.45) is 0.941. The van der Waals surface area contributed by atoms with Gasteiger partial charge in [0, 0.05) is 25.0 Å². The number of para-hydroxylation sites is 1. The van der Waals surface area contributed by atoms with Gasteiger partial charge in [-0.1, -0.05) is 30.7 Å².